The summed E-state index contributed by atoms with van der Waals surface area (Å²) in [5, 5.41) is 22.0. The van der Waals surface area contributed by atoms with Gasteiger partial charge < -0.3 is 15.2 Å². The topological polar surface area (TPSA) is 134 Å². The first-order valence-corrected chi connectivity index (χ1v) is 6.08. The van der Waals surface area contributed by atoms with Crippen molar-refractivity contribution in [2.75, 3.05) is 0 Å². The van der Waals surface area contributed by atoms with Crippen LogP contribution >= 0.6 is 0 Å². The molecule has 3 rings (SSSR count). The molecule has 0 unspecified atom stereocenters. The van der Waals surface area contributed by atoms with Crippen LogP contribution < -0.4 is 0 Å². The van der Waals surface area contributed by atoms with Gasteiger partial charge in [-0.1, -0.05) is 0 Å². The van der Waals surface area contributed by atoms with Gasteiger partial charge in [-0.15, -0.1) is 0 Å². The predicted molar refractivity (Wildman–Crippen MR) is 72.9 cm³/mol. The van der Waals surface area contributed by atoms with Crippen LogP contribution in [-0.2, 0) is 0 Å². The molecule has 0 amide bonds. The van der Waals surface area contributed by atoms with E-state index >= 15 is 0 Å². The Hall–Kier alpha value is -3.49. The first-order chi connectivity index (χ1) is 10.6. The SMILES string of the molecule is O=C(O)c1nc(-c2ccc(-n3cncn3)cc2)[nH]c1C(=O)O. The van der Waals surface area contributed by atoms with E-state index in [0.717, 1.165) is 5.69 Å². The Morgan fingerprint density at radius 3 is 2.32 bits per heavy atom. The standard InChI is InChI=1S/C13H9N5O4/c19-12(20)9-10(13(21)22)17-11(16-9)7-1-3-8(4-2-7)18-6-14-5-15-18/h1-6H,(H,16,17)(H,19,20)(H,21,22). The van der Waals surface area contributed by atoms with Crippen molar-refractivity contribution in [1.29, 1.82) is 0 Å². The number of imidazole rings is 1. The minimum atomic E-state index is -1.40. The molecule has 9 heteroatoms. The first-order valence-electron chi connectivity index (χ1n) is 6.08. The van der Waals surface area contributed by atoms with Crippen LogP contribution in [0.25, 0.3) is 17.1 Å². The highest BCUT2D eigenvalue weighted by Gasteiger charge is 2.22. The maximum atomic E-state index is 11.0. The van der Waals surface area contributed by atoms with Crippen molar-refractivity contribution in [2.24, 2.45) is 0 Å². The smallest absolute Gasteiger partial charge is 0.357 e. The van der Waals surface area contributed by atoms with Crippen molar-refractivity contribution in [3.8, 4) is 17.1 Å². The molecule has 0 bridgehead atoms. The number of aromatic carboxylic acids is 2. The molecule has 0 aliphatic carbocycles. The summed E-state index contributed by atoms with van der Waals surface area (Å²) in [7, 11) is 0. The first kappa shape index (κ1) is 13.5. The second-order valence-electron chi connectivity index (χ2n) is 4.31. The number of carbonyl (C=O) groups is 2. The van der Waals surface area contributed by atoms with Crippen LogP contribution in [-0.4, -0.2) is 46.9 Å². The van der Waals surface area contributed by atoms with E-state index in [1.54, 1.807) is 28.9 Å². The summed E-state index contributed by atoms with van der Waals surface area (Å²) < 4.78 is 1.55. The summed E-state index contributed by atoms with van der Waals surface area (Å²) in [4.78, 5) is 32.2. The Morgan fingerprint density at radius 1 is 1.09 bits per heavy atom. The number of carboxylic acid groups (broad SMARTS) is 2. The van der Waals surface area contributed by atoms with Gasteiger partial charge in [-0.25, -0.2) is 24.2 Å². The van der Waals surface area contributed by atoms with Gasteiger partial charge in [0.1, 0.15) is 18.5 Å². The van der Waals surface area contributed by atoms with E-state index < -0.39 is 23.3 Å². The number of aromatic nitrogens is 5. The lowest BCUT2D eigenvalue weighted by Gasteiger charge is -2.01. The van der Waals surface area contributed by atoms with Crippen molar-refractivity contribution in [3.63, 3.8) is 0 Å². The van der Waals surface area contributed by atoms with Crippen molar-refractivity contribution in [3.05, 3.63) is 48.3 Å². The average Bonchev–Trinajstić information content (AvgIpc) is 3.17. The number of rotatable bonds is 4. The van der Waals surface area contributed by atoms with Gasteiger partial charge in [-0.3, -0.25) is 0 Å². The third kappa shape index (κ3) is 2.30. The molecular weight excluding hydrogens is 290 g/mol. The molecule has 3 aromatic rings. The van der Waals surface area contributed by atoms with Crippen LogP contribution in [0.5, 0.6) is 0 Å². The zero-order valence-electron chi connectivity index (χ0n) is 11.0. The summed E-state index contributed by atoms with van der Waals surface area (Å²) in [6.45, 7) is 0. The minimum absolute atomic E-state index is 0.167. The molecule has 0 atom stereocenters. The Labute approximate surface area is 122 Å². The Kier molecular flexibility index (Phi) is 3.14. The largest absolute Gasteiger partial charge is 0.477 e. The number of nitrogens with one attached hydrogen (secondary N) is 1. The van der Waals surface area contributed by atoms with E-state index in [0.29, 0.717) is 5.56 Å². The lowest BCUT2D eigenvalue weighted by atomic mass is 10.2. The van der Waals surface area contributed by atoms with Crippen LogP contribution in [0.1, 0.15) is 21.0 Å². The summed E-state index contributed by atoms with van der Waals surface area (Å²) in [5.74, 6) is -2.62. The van der Waals surface area contributed by atoms with Crippen LogP contribution in [0.3, 0.4) is 0 Å². The highest BCUT2D eigenvalue weighted by Crippen LogP contribution is 2.20. The third-order valence-electron chi connectivity index (χ3n) is 2.94. The second-order valence-corrected chi connectivity index (χ2v) is 4.31. The summed E-state index contributed by atoms with van der Waals surface area (Å²) in [6.07, 6.45) is 2.94. The average molecular weight is 299 g/mol. The zero-order chi connectivity index (χ0) is 15.7. The van der Waals surface area contributed by atoms with Gasteiger partial charge in [-0.2, -0.15) is 5.10 Å². The van der Waals surface area contributed by atoms with Gasteiger partial charge in [0.15, 0.2) is 11.4 Å². The fourth-order valence-corrected chi connectivity index (χ4v) is 1.93. The molecule has 2 aromatic heterocycles. The number of hydrogen-bond acceptors (Lipinski definition) is 5. The molecule has 0 aliphatic heterocycles. The Morgan fingerprint density at radius 2 is 1.82 bits per heavy atom. The zero-order valence-corrected chi connectivity index (χ0v) is 11.0. The quantitative estimate of drug-likeness (QED) is 0.655. The summed E-state index contributed by atoms with van der Waals surface area (Å²) in [6, 6.07) is 6.81. The van der Waals surface area contributed by atoms with Gasteiger partial charge in [0.25, 0.3) is 0 Å². The molecular formula is C13H9N5O4. The molecule has 0 saturated carbocycles. The van der Waals surface area contributed by atoms with Crippen molar-refractivity contribution in [2.45, 2.75) is 0 Å². The predicted octanol–water partition coefficient (Wildman–Crippen LogP) is 1.05. The van der Waals surface area contributed by atoms with E-state index in [-0.39, 0.29) is 5.82 Å². The molecule has 2 heterocycles. The lowest BCUT2D eigenvalue weighted by molar-refractivity contribution is 0.0644. The van der Waals surface area contributed by atoms with Crippen molar-refractivity contribution >= 4 is 11.9 Å². The Bertz CT molecular complexity index is 804. The van der Waals surface area contributed by atoms with Crippen molar-refractivity contribution in [1.82, 2.24) is 24.7 Å². The normalized spacial score (nSPS) is 10.5. The van der Waals surface area contributed by atoms with E-state index in [9.17, 15) is 9.59 Å². The number of aromatic amines is 1. The number of benzene rings is 1. The number of carboxylic acids is 2. The van der Waals surface area contributed by atoms with E-state index in [1.807, 2.05) is 0 Å². The molecule has 1 aromatic carbocycles. The summed E-state index contributed by atoms with van der Waals surface area (Å²) in [5.41, 5.74) is 0.328. The molecule has 9 nitrogen and oxygen atoms in total. The number of nitrogens with zero attached hydrogens (tertiary/aromatic N) is 4. The van der Waals surface area contributed by atoms with Gasteiger partial charge in [0.2, 0.25) is 0 Å². The number of hydrogen-bond donors (Lipinski definition) is 3. The van der Waals surface area contributed by atoms with E-state index in [1.165, 1.54) is 12.7 Å². The molecule has 0 saturated heterocycles. The van der Waals surface area contributed by atoms with Gasteiger partial charge in [-0.05, 0) is 24.3 Å². The maximum Gasteiger partial charge on any atom is 0.357 e. The fourth-order valence-electron chi connectivity index (χ4n) is 1.93. The maximum absolute atomic E-state index is 11.0. The molecule has 0 radical (unpaired) electrons. The van der Waals surface area contributed by atoms with Crippen LogP contribution in [0.4, 0.5) is 0 Å². The molecule has 0 aliphatic rings. The lowest BCUT2D eigenvalue weighted by Crippen LogP contribution is -2.07. The van der Waals surface area contributed by atoms with Crippen LogP contribution in [0.2, 0.25) is 0 Å². The fraction of sp³-hybridized carbons (Fsp3) is 0. The number of H-pyrrole nitrogens is 1. The van der Waals surface area contributed by atoms with Crippen LogP contribution in [0.15, 0.2) is 36.9 Å². The van der Waals surface area contributed by atoms with Gasteiger partial charge >= 0.3 is 11.9 Å². The Balaban J connectivity index is 1.99. The van der Waals surface area contributed by atoms with Gasteiger partial charge in [0.05, 0.1) is 5.69 Å². The third-order valence-corrected chi connectivity index (χ3v) is 2.94. The second kappa shape index (κ2) is 5.13. The summed E-state index contributed by atoms with van der Waals surface area (Å²) >= 11 is 0. The van der Waals surface area contributed by atoms with E-state index in [2.05, 4.69) is 20.1 Å². The van der Waals surface area contributed by atoms with Crippen LogP contribution in [0, 0.1) is 0 Å². The molecule has 0 fully saturated rings. The van der Waals surface area contributed by atoms with Gasteiger partial charge in [0, 0.05) is 5.56 Å². The molecule has 22 heavy (non-hydrogen) atoms. The monoisotopic (exact) mass is 299 g/mol. The minimum Gasteiger partial charge on any atom is -0.477 e. The highest BCUT2D eigenvalue weighted by molar-refractivity contribution is 5.99. The van der Waals surface area contributed by atoms with E-state index in [4.69, 9.17) is 10.2 Å². The highest BCUT2D eigenvalue weighted by atomic mass is 16.4. The molecule has 3 N–H and O–H groups in total. The van der Waals surface area contributed by atoms with Crippen molar-refractivity contribution < 1.29 is 19.8 Å². The molecule has 0 spiro atoms. The molecule has 110 valence electrons.